The Kier molecular flexibility index (Phi) is 5.16. The second kappa shape index (κ2) is 8.01. The van der Waals surface area contributed by atoms with Crippen LogP contribution in [0, 0.1) is 5.82 Å². The third-order valence-electron chi connectivity index (χ3n) is 5.97. The van der Waals surface area contributed by atoms with E-state index in [2.05, 4.69) is 0 Å². The van der Waals surface area contributed by atoms with Gasteiger partial charge in [0.05, 0.1) is 36.6 Å². The number of halogens is 1. The van der Waals surface area contributed by atoms with Gasteiger partial charge in [0.2, 0.25) is 11.6 Å². The Labute approximate surface area is 186 Å². The average molecular weight is 450 g/mol. The molecule has 32 heavy (non-hydrogen) atoms. The molecule has 2 aliphatic rings. The number of nitrogens with zero attached hydrogens (tertiary/aromatic N) is 3. The highest BCUT2D eigenvalue weighted by molar-refractivity contribution is 7.75. The lowest BCUT2D eigenvalue weighted by Gasteiger charge is -2.34. The molecule has 2 fully saturated rings. The van der Waals surface area contributed by atoms with E-state index >= 15 is 0 Å². The molecule has 1 N–H and O–H groups in total. The predicted octanol–water partition coefficient (Wildman–Crippen LogP) is 4.24. The normalized spacial score (nSPS) is 20.3. The summed E-state index contributed by atoms with van der Waals surface area (Å²) in [5.41, 5.74) is 1.01. The van der Waals surface area contributed by atoms with Gasteiger partial charge in [-0.3, -0.25) is 9.59 Å². The molecule has 2 heterocycles. The van der Waals surface area contributed by atoms with Gasteiger partial charge in [-0.2, -0.15) is 0 Å². The second-order valence-corrected chi connectivity index (χ2v) is 10.6. The van der Waals surface area contributed by atoms with Crippen molar-refractivity contribution in [2.45, 2.75) is 12.1 Å². The van der Waals surface area contributed by atoms with Gasteiger partial charge in [-0.1, -0.05) is 36.4 Å². The van der Waals surface area contributed by atoms with Gasteiger partial charge in [0, 0.05) is 0 Å². The monoisotopic (exact) mass is 450 g/mol. The van der Waals surface area contributed by atoms with Crippen LogP contribution in [0.5, 0.6) is 0 Å². The molecule has 0 radical (unpaired) electrons. The lowest BCUT2D eigenvalue weighted by atomic mass is 10.3. The van der Waals surface area contributed by atoms with E-state index in [0.29, 0.717) is 18.8 Å². The van der Waals surface area contributed by atoms with Crippen molar-refractivity contribution in [2.75, 3.05) is 27.3 Å². The van der Waals surface area contributed by atoms with Crippen LogP contribution in [-0.2, 0) is 9.59 Å². The number of imide groups is 1. The Balaban J connectivity index is 1.58. The molecule has 1 unspecified atom stereocenters. The SMILES string of the molecule is O=C1CC([P+]2(O)N(c3ccccc3)CCN2c2ccccc2)C(=O)N1c1ccc(F)cc1. The molecule has 162 valence electrons. The quantitative estimate of drug-likeness (QED) is 0.476. The number of hydrogen-bond donors (Lipinski definition) is 1. The van der Waals surface area contributed by atoms with Crippen molar-refractivity contribution in [1.29, 1.82) is 0 Å². The summed E-state index contributed by atoms with van der Waals surface area (Å²) in [7, 11) is -3.31. The maximum Gasteiger partial charge on any atom is 0.344 e. The molecule has 3 aromatic carbocycles. The van der Waals surface area contributed by atoms with Crippen LogP contribution in [0.4, 0.5) is 21.5 Å². The molecule has 0 bridgehead atoms. The number of rotatable bonds is 4. The Morgan fingerprint density at radius 3 is 1.75 bits per heavy atom. The molecule has 0 aromatic heterocycles. The molecule has 0 aliphatic carbocycles. The third-order valence-corrected chi connectivity index (χ3v) is 9.49. The van der Waals surface area contributed by atoms with Crippen LogP contribution in [0.15, 0.2) is 84.9 Å². The minimum atomic E-state index is -3.31. The predicted molar refractivity (Wildman–Crippen MR) is 124 cm³/mol. The van der Waals surface area contributed by atoms with Crippen LogP contribution >= 0.6 is 7.79 Å². The Morgan fingerprint density at radius 2 is 1.25 bits per heavy atom. The van der Waals surface area contributed by atoms with Gasteiger partial charge in [-0.25, -0.2) is 23.5 Å². The van der Waals surface area contributed by atoms with Crippen molar-refractivity contribution in [1.82, 2.24) is 0 Å². The number of hydrogen-bond acceptors (Lipinski definition) is 5. The third kappa shape index (κ3) is 3.25. The number of carbonyl (C=O) groups is 2. The largest absolute Gasteiger partial charge is 0.344 e. The first-order valence-corrected chi connectivity index (χ1v) is 12.1. The highest BCUT2D eigenvalue weighted by Gasteiger charge is 2.68. The number of carbonyl (C=O) groups excluding carboxylic acids is 2. The van der Waals surface area contributed by atoms with Crippen LogP contribution in [0.25, 0.3) is 0 Å². The molecule has 2 aliphatic heterocycles. The van der Waals surface area contributed by atoms with Crippen molar-refractivity contribution in [3.8, 4) is 0 Å². The fourth-order valence-corrected chi connectivity index (χ4v) is 7.96. The fourth-order valence-electron chi connectivity index (χ4n) is 4.50. The van der Waals surface area contributed by atoms with Gasteiger partial charge in [-0.05, 0) is 48.5 Å². The van der Waals surface area contributed by atoms with Gasteiger partial charge in [0.25, 0.3) is 5.91 Å². The summed E-state index contributed by atoms with van der Waals surface area (Å²) >= 11 is 0. The first kappa shape index (κ1) is 20.6. The van der Waals surface area contributed by atoms with Crippen molar-refractivity contribution < 1.29 is 18.9 Å². The number of amides is 2. The summed E-state index contributed by atoms with van der Waals surface area (Å²) in [5.74, 6) is -1.30. The zero-order valence-corrected chi connectivity index (χ0v) is 18.1. The zero-order valence-electron chi connectivity index (χ0n) is 17.2. The smallest absolute Gasteiger partial charge is 0.274 e. The van der Waals surface area contributed by atoms with E-state index < -0.39 is 31.1 Å². The highest BCUT2D eigenvalue weighted by Crippen LogP contribution is 2.71. The van der Waals surface area contributed by atoms with Gasteiger partial charge in [-0.15, -0.1) is 0 Å². The molecule has 3 aromatic rings. The van der Waals surface area contributed by atoms with Gasteiger partial charge in [0.15, 0.2) is 0 Å². The topological polar surface area (TPSA) is 64.1 Å². The van der Waals surface area contributed by atoms with Crippen LogP contribution in [0.2, 0.25) is 0 Å². The van der Waals surface area contributed by atoms with Crippen molar-refractivity contribution in [3.05, 3.63) is 90.7 Å². The molecule has 8 heteroatoms. The summed E-state index contributed by atoms with van der Waals surface area (Å²) in [6.45, 7) is 1.05. The van der Waals surface area contributed by atoms with E-state index in [4.69, 9.17) is 0 Å². The second-order valence-electron chi connectivity index (χ2n) is 7.80. The molecule has 0 spiro atoms. The van der Waals surface area contributed by atoms with Gasteiger partial charge >= 0.3 is 7.79 Å². The van der Waals surface area contributed by atoms with E-state index in [1.54, 1.807) is 0 Å². The molecule has 2 amide bonds. The Morgan fingerprint density at radius 1 is 0.750 bits per heavy atom. The van der Waals surface area contributed by atoms with Crippen LogP contribution in [0.3, 0.4) is 0 Å². The molecule has 6 nitrogen and oxygen atoms in total. The Hall–Kier alpha value is -3.28. The highest BCUT2D eigenvalue weighted by atomic mass is 31.2. The summed E-state index contributed by atoms with van der Waals surface area (Å²) < 4.78 is 17.2. The van der Waals surface area contributed by atoms with E-state index in [0.717, 1.165) is 16.3 Å². The first-order valence-electron chi connectivity index (χ1n) is 10.4. The van der Waals surface area contributed by atoms with E-state index in [1.807, 2.05) is 70.0 Å². The summed E-state index contributed by atoms with van der Waals surface area (Å²) in [5, 5.41) is 0. The van der Waals surface area contributed by atoms with Gasteiger partial charge in [0.1, 0.15) is 5.82 Å². The Bertz CT molecular complexity index is 1100. The lowest BCUT2D eigenvalue weighted by Crippen LogP contribution is -2.39. The lowest BCUT2D eigenvalue weighted by molar-refractivity contribution is -0.121. The average Bonchev–Trinajstić information content (AvgIpc) is 3.32. The maximum absolute atomic E-state index is 13.6. The van der Waals surface area contributed by atoms with E-state index in [9.17, 15) is 18.9 Å². The minimum absolute atomic E-state index is 0.104. The summed E-state index contributed by atoms with van der Waals surface area (Å²) in [6.07, 6.45) is -0.104. The molecular formula is C24H22FN3O3P+. The molecule has 5 rings (SSSR count). The van der Waals surface area contributed by atoms with E-state index in [1.165, 1.54) is 24.3 Å². The molecule has 0 saturated carbocycles. The summed E-state index contributed by atoms with van der Waals surface area (Å²) in [6, 6.07) is 24.2. The van der Waals surface area contributed by atoms with Crippen LogP contribution in [0.1, 0.15) is 6.42 Å². The van der Waals surface area contributed by atoms with Crippen LogP contribution in [-0.4, -0.2) is 35.5 Å². The fraction of sp³-hybridized carbons (Fsp3) is 0.167. The van der Waals surface area contributed by atoms with Crippen molar-refractivity contribution >= 4 is 36.7 Å². The number of para-hydroxylation sites is 2. The molecular weight excluding hydrogens is 428 g/mol. The first-order chi connectivity index (χ1) is 15.5. The minimum Gasteiger partial charge on any atom is -0.274 e. The van der Waals surface area contributed by atoms with E-state index in [-0.39, 0.29) is 6.42 Å². The van der Waals surface area contributed by atoms with Crippen molar-refractivity contribution in [3.63, 3.8) is 0 Å². The van der Waals surface area contributed by atoms with Crippen molar-refractivity contribution in [2.24, 2.45) is 0 Å². The number of benzene rings is 3. The van der Waals surface area contributed by atoms with Crippen LogP contribution < -0.4 is 14.2 Å². The summed E-state index contributed by atoms with van der Waals surface area (Å²) in [4.78, 5) is 39.9. The molecule has 2 saturated heterocycles. The number of anilines is 3. The zero-order chi connectivity index (χ0) is 22.3. The standard InChI is InChI=1S/C24H22FN3O3P/c25-18-11-13-21(14-12-18)28-23(29)17-22(24(28)30)32(31)26(19-7-3-1-4-8-19)15-16-27(32)20-9-5-2-6-10-20/h1-14,22,31H,15-17H2/q+1. The van der Waals surface area contributed by atoms with Gasteiger partial charge < -0.3 is 0 Å². The molecule has 1 atom stereocenters. The maximum atomic E-state index is 13.6.